The van der Waals surface area contributed by atoms with Gasteiger partial charge in [-0.05, 0) is 18.6 Å². The zero-order valence-electron chi connectivity index (χ0n) is 10.8. The molecule has 0 spiro atoms. The van der Waals surface area contributed by atoms with E-state index in [0.717, 1.165) is 20.7 Å². The van der Waals surface area contributed by atoms with Crippen LogP contribution in [0, 0.1) is 6.92 Å². The van der Waals surface area contributed by atoms with Gasteiger partial charge >= 0.3 is 5.97 Å². The van der Waals surface area contributed by atoms with Crippen molar-refractivity contribution in [3.63, 3.8) is 0 Å². The molecule has 0 aliphatic heterocycles. The smallest absolute Gasteiger partial charge is 0.305 e. The molecule has 5 heteroatoms. The molecule has 0 amide bonds. The Kier molecular flexibility index (Phi) is 4.71. The van der Waals surface area contributed by atoms with Crippen molar-refractivity contribution in [2.45, 2.75) is 19.8 Å². The van der Waals surface area contributed by atoms with E-state index in [1.165, 1.54) is 12.7 Å². The molecule has 0 bridgehead atoms. The lowest BCUT2D eigenvalue weighted by molar-refractivity contribution is -0.140. The molecule has 1 heterocycles. The van der Waals surface area contributed by atoms with Gasteiger partial charge in [-0.3, -0.25) is 4.79 Å². The van der Waals surface area contributed by atoms with Crippen LogP contribution in [0.15, 0.2) is 28.1 Å². The largest absolute Gasteiger partial charge is 0.469 e. The van der Waals surface area contributed by atoms with E-state index in [0.29, 0.717) is 12.8 Å². The number of hydrogen-bond donors (Lipinski definition) is 0. The summed E-state index contributed by atoms with van der Waals surface area (Å²) in [5, 5.41) is 2.96. The maximum absolute atomic E-state index is 11.1. The molecule has 0 radical (unpaired) electrons. The van der Waals surface area contributed by atoms with Gasteiger partial charge in [-0.25, -0.2) is 4.98 Å². The number of thiazole rings is 1. The number of nitrogens with zero attached hydrogens (tertiary/aromatic N) is 1. The van der Waals surface area contributed by atoms with E-state index >= 15 is 0 Å². The molecule has 2 rings (SSSR count). The van der Waals surface area contributed by atoms with Crippen molar-refractivity contribution in [1.82, 2.24) is 4.98 Å². The second-order valence-electron chi connectivity index (χ2n) is 4.20. The highest BCUT2D eigenvalue weighted by molar-refractivity contribution is 9.10. The lowest BCUT2D eigenvalue weighted by Gasteiger charge is -2.01. The molecular formula is C14H14BrNO2S. The van der Waals surface area contributed by atoms with E-state index in [1.54, 1.807) is 11.3 Å². The molecule has 0 saturated carbocycles. The summed E-state index contributed by atoms with van der Waals surface area (Å²) in [6, 6.07) is 6.20. The Morgan fingerprint density at radius 1 is 1.47 bits per heavy atom. The van der Waals surface area contributed by atoms with Crippen molar-refractivity contribution in [2.24, 2.45) is 0 Å². The molecule has 19 heavy (non-hydrogen) atoms. The lowest BCUT2D eigenvalue weighted by atomic mass is 10.1. The lowest BCUT2D eigenvalue weighted by Crippen LogP contribution is -2.01. The van der Waals surface area contributed by atoms with Gasteiger partial charge in [0.2, 0.25) is 0 Å². The molecule has 100 valence electrons. The number of rotatable bonds is 4. The number of halogens is 1. The number of esters is 1. The van der Waals surface area contributed by atoms with Crippen LogP contribution in [-0.4, -0.2) is 18.1 Å². The second kappa shape index (κ2) is 6.30. The van der Waals surface area contributed by atoms with Crippen LogP contribution in [0.1, 0.15) is 17.7 Å². The minimum atomic E-state index is -0.203. The average molecular weight is 340 g/mol. The van der Waals surface area contributed by atoms with Crippen molar-refractivity contribution >= 4 is 33.2 Å². The Balaban J connectivity index is 2.14. The Bertz CT molecular complexity index is 595. The van der Waals surface area contributed by atoms with Crippen LogP contribution in [0.4, 0.5) is 0 Å². The van der Waals surface area contributed by atoms with Crippen LogP contribution in [0.3, 0.4) is 0 Å². The summed E-state index contributed by atoms with van der Waals surface area (Å²) in [5.74, 6) is -0.203. The molecule has 0 aliphatic rings. The topological polar surface area (TPSA) is 39.2 Å². The van der Waals surface area contributed by atoms with Gasteiger partial charge in [0.1, 0.15) is 5.01 Å². The van der Waals surface area contributed by atoms with Crippen molar-refractivity contribution in [1.29, 1.82) is 0 Å². The number of aryl methyl sites for hydroxylation is 2. The standard InChI is InChI=1S/C14H14BrNO2S/c1-9-3-5-11(12(15)7-9)14-16-10(8-19-14)4-6-13(17)18-2/h3,5,7-8H,4,6H2,1-2H3. The van der Waals surface area contributed by atoms with E-state index in [-0.39, 0.29) is 5.97 Å². The summed E-state index contributed by atoms with van der Waals surface area (Å²) in [5.41, 5.74) is 3.22. The number of methoxy groups -OCH3 is 1. The third-order valence-electron chi connectivity index (χ3n) is 2.72. The zero-order chi connectivity index (χ0) is 13.8. The fourth-order valence-corrected chi connectivity index (χ4v) is 3.38. The molecule has 1 aromatic heterocycles. The van der Waals surface area contributed by atoms with Gasteiger partial charge in [0.25, 0.3) is 0 Å². The second-order valence-corrected chi connectivity index (χ2v) is 5.92. The van der Waals surface area contributed by atoms with Gasteiger partial charge < -0.3 is 4.74 Å². The van der Waals surface area contributed by atoms with Crippen LogP contribution >= 0.6 is 27.3 Å². The molecule has 0 unspecified atom stereocenters. The Hall–Kier alpha value is -1.20. The normalized spacial score (nSPS) is 10.5. The summed E-state index contributed by atoms with van der Waals surface area (Å²) in [6.45, 7) is 2.05. The highest BCUT2D eigenvalue weighted by Crippen LogP contribution is 2.31. The third-order valence-corrected chi connectivity index (χ3v) is 4.30. The van der Waals surface area contributed by atoms with E-state index in [9.17, 15) is 4.79 Å². The number of benzene rings is 1. The van der Waals surface area contributed by atoms with Gasteiger partial charge in [-0.1, -0.05) is 28.1 Å². The van der Waals surface area contributed by atoms with Crippen molar-refractivity contribution in [3.05, 3.63) is 39.3 Å². The van der Waals surface area contributed by atoms with Crippen molar-refractivity contribution in [3.8, 4) is 10.6 Å². The first kappa shape index (κ1) is 14.2. The fraction of sp³-hybridized carbons (Fsp3) is 0.286. The predicted octanol–water partition coefficient (Wildman–Crippen LogP) is 3.99. The summed E-state index contributed by atoms with van der Waals surface area (Å²) in [7, 11) is 1.40. The maximum atomic E-state index is 11.1. The first-order valence-corrected chi connectivity index (χ1v) is 7.55. The number of carbonyl (C=O) groups is 1. The van der Waals surface area contributed by atoms with E-state index in [2.05, 4.69) is 50.8 Å². The van der Waals surface area contributed by atoms with Gasteiger partial charge in [0.05, 0.1) is 19.2 Å². The minimum absolute atomic E-state index is 0.203. The Labute approximate surface area is 124 Å². The zero-order valence-corrected chi connectivity index (χ0v) is 13.2. The van der Waals surface area contributed by atoms with E-state index < -0.39 is 0 Å². The summed E-state index contributed by atoms with van der Waals surface area (Å²) >= 11 is 5.15. The highest BCUT2D eigenvalue weighted by Gasteiger charge is 2.09. The van der Waals surface area contributed by atoms with Crippen LogP contribution in [0.2, 0.25) is 0 Å². The van der Waals surface area contributed by atoms with Gasteiger partial charge in [0.15, 0.2) is 0 Å². The molecule has 0 saturated heterocycles. The first-order valence-electron chi connectivity index (χ1n) is 5.88. The summed E-state index contributed by atoms with van der Waals surface area (Å²) in [4.78, 5) is 15.7. The summed E-state index contributed by atoms with van der Waals surface area (Å²) in [6.07, 6.45) is 0.987. The molecule has 0 N–H and O–H groups in total. The van der Waals surface area contributed by atoms with E-state index in [4.69, 9.17) is 0 Å². The summed E-state index contributed by atoms with van der Waals surface area (Å²) < 4.78 is 5.67. The SMILES string of the molecule is COC(=O)CCc1csc(-c2ccc(C)cc2Br)n1. The molecule has 0 aliphatic carbocycles. The van der Waals surface area contributed by atoms with E-state index in [1.807, 2.05) is 5.38 Å². The van der Waals surface area contributed by atoms with Gasteiger partial charge in [-0.2, -0.15) is 0 Å². The predicted molar refractivity (Wildman–Crippen MR) is 80.3 cm³/mol. The van der Waals surface area contributed by atoms with Crippen LogP contribution < -0.4 is 0 Å². The number of carbonyl (C=O) groups excluding carboxylic acids is 1. The maximum Gasteiger partial charge on any atom is 0.305 e. The molecule has 1 aromatic carbocycles. The molecule has 0 atom stereocenters. The van der Waals surface area contributed by atoms with Gasteiger partial charge in [-0.15, -0.1) is 11.3 Å². The molecule has 3 nitrogen and oxygen atoms in total. The molecule has 2 aromatic rings. The minimum Gasteiger partial charge on any atom is -0.469 e. The molecular weight excluding hydrogens is 326 g/mol. The average Bonchev–Trinajstić information content (AvgIpc) is 2.84. The number of aromatic nitrogens is 1. The quantitative estimate of drug-likeness (QED) is 0.790. The first-order chi connectivity index (χ1) is 9.10. The third kappa shape index (κ3) is 3.64. The fourth-order valence-electron chi connectivity index (χ4n) is 1.67. The number of ether oxygens (including phenoxy) is 1. The molecule has 0 fully saturated rings. The highest BCUT2D eigenvalue weighted by atomic mass is 79.9. The number of hydrogen-bond acceptors (Lipinski definition) is 4. The van der Waals surface area contributed by atoms with Crippen molar-refractivity contribution in [2.75, 3.05) is 7.11 Å². The Morgan fingerprint density at radius 3 is 2.95 bits per heavy atom. The Morgan fingerprint density at radius 2 is 2.26 bits per heavy atom. The van der Waals surface area contributed by atoms with Crippen LogP contribution in [0.5, 0.6) is 0 Å². The monoisotopic (exact) mass is 339 g/mol. The van der Waals surface area contributed by atoms with Gasteiger partial charge in [0, 0.05) is 21.8 Å². The van der Waals surface area contributed by atoms with Crippen molar-refractivity contribution < 1.29 is 9.53 Å². The van der Waals surface area contributed by atoms with Crippen LogP contribution in [0.25, 0.3) is 10.6 Å². The van der Waals surface area contributed by atoms with Crippen LogP contribution in [-0.2, 0) is 16.0 Å².